The molecular formula is C12H22P2Se. The van der Waals surface area contributed by atoms with Crippen LogP contribution in [0.5, 0.6) is 0 Å². The summed E-state index contributed by atoms with van der Waals surface area (Å²) >= 11 is 3.35. The molecule has 1 aliphatic heterocycles. The van der Waals surface area contributed by atoms with E-state index in [4.69, 9.17) is 0 Å². The first-order chi connectivity index (χ1) is 6.55. The molecule has 0 N–H and O–H groups in total. The second-order valence-corrected chi connectivity index (χ2v) is 11.7. The molecular weight excluding hydrogens is 285 g/mol. The van der Waals surface area contributed by atoms with Gasteiger partial charge in [0, 0.05) is 0 Å². The van der Waals surface area contributed by atoms with E-state index in [-0.39, 0.29) is 7.92 Å². The fourth-order valence-electron chi connectivity index (χ4n) is 1.83. The molecule has 86 valence electrons. The van der Waals surface area contributed by atoms with Crippen molar-refractivity contribution >= 4 is 41.2 Å². The van der Waals surface area contributed by atoms with E-state index < -0.39 is 0 Å². The second kappa shape index (κ2) is 4.34. The molecule has 0 nitrogen and oxygen atoms in total. The van der Waals surface area contributed by atoms with Gasteiger partial charge in [0.15, 0.2) is 0 Å². The van der Waals surface area contributed by atoms with Crippen LogP contribution in [0.2, 0.25) is 0 Å². The Labute approximate surface area is 106 Å². The topological polar surface area (TPSA) is 0 Å². The van der Waals surface area contributed by atoms with Crippen LogP contribution in [-0.2, 0) is 0 Å². The van der Waals surface area contributed by atoms with Gasteiger partial charge in [0.05, 0.1) is 0 Å². The Kier molecular flexibility index (Phi) is 4.07. The summed E-state index contributed by atoms with van der Waals surface area (Å²) in [6.07, 6.45) is 0. The zero-order valence-corrected chi connectivity index (χ0v) is 14.4. The summed E-state index contributed by atoms with van der Waals surface area (Å²) in [5, 5.41) is 2.48. The van der Waals surface area contributed by atoms with Crippen molar-refractivity contribution < 1.29 is 0 Å². The molecule has 0 spiro atoms. The Hall–Kier alpha value is 0.989. The van der Waals surface area contributed by atoms with Crippen LogP contribution in [0.3, 0.4) is 0 Å². The molecule has 0 aromatic rings. The van der Waals surface area contributed by atoms with Crippen molar-refractivity contribution in [3.63, 3.8) is 0 Å². The van der Waals surface area contributed by atoms with Crippen molar-refractivity contribution in [3.8, 4) is 0 Å². The van der Waals surface area contributed by atoms with E-state index in [9.17, 15) is 0 Å². The first kappa shape index (κ1) is 14.1. The second-order valence-electron chi connectivity index (χ2n) is 6.38. The summed E-state index contributed by atoms with van der Waals surface area (Å²) in [5.41, 5.74) is 0.767. The quantitative estimate of drug-likeness (QED) is 0.469. The SMILES string of the molecule is CP1C(=[Se])C(C(C)(C)C)=PC1C(C)(C)C. The summed E-state index contributed by atoms with van der Waals surface area (Å²) in [5.74, 6) is 0. The predicted octanol–water partition coefficient (Wildman–Crippen LogP) is 3.95. The van der Waals surface area contributed by atoms with Crippen LogP contribution in [0.1, 0.15) is 41.5 Å². The third-order valence-corrected chi connectivity index (χ3v) is 11.3. The monoisotopic (exact) mass is 308 g/mol. The Bertz CT molecular complexity index is 305. The molecule has 0 aromatic heterocycles. The fraction of sp³-hybridized carbons (Fsp3) is 0.833. The molecule has 3 heteroatoms. The summed E-state index contributed by atoms with van der Waals surface area (Å²) in [6, 6.07) is 0. The molecule has 1 heterocycles. The van der Waals surface area contributed by atoms with Crippen molar-refractivity contribution in [2.45, 2.75) is 46.9 Å². The third-order valence-electron chi connectivity index (χ3n) is 2.63. The van der Waals surface area contributed by atoms with E-state index in [1.807, 2.05) is 0 Å². The van der Waals surface area contributed by atoms with Crippen molar-refractivity contribution in [3.05, 3.63) is 0 Å². The maximum absolute atomic E-state index is 3.35. The van der Waals surface area contributed by atoms with Crippen molar-refractivity contribution in [2.24, 2.45) is 10.8 Å². The van der Waals surface area contributed by atoms with Crippen LogP contribution in [0.4, 0.5) is 0 Å². The molecule has 0 radical (unpaired) electrons. The van der Waals surface area contributed by atoms with Gasteiger partial charge in [-0.25, -0.2) is 0 Å². The van der Waals surface area contributed by atoms with Gasteiger partial charge in [0.25, 0.3) is 0 Å². The van der Waals surface area contributed by atoms with E-state index in [0.29, 0.717) is 10.8 Å². The van der Waals surface area contributed by atoms with E-state index in [2.05, 4.69) is 63.8 Å². The normalized spacial score (nSPS) is 29.3. The molecule has 2 unspecified atom stereocenters. The number of rotatable bonds is 0. The van der Waals surface area contributed by atoms with Crippen molar-refractivity contribution in [1.82, 2.24) is 0 Å². The fourth-order valence-corrected chi connectivity index (χ4v) is 9.21. The Morgan fingerprint density at radius 3 is 1.80 bits per heavy atom. The van der Waals surface area contributed by atoms with E-state index >= 15 is 0 Å². The molecule has 2 atom stereocenters. The molecule has 1 aliphatic rings. The van der Waals surface area contributed by atoms with E-state index in [0.717, 1.165) is 5.40 Å². The van der Waals surface area contributed by atoms with Crippen LogP contribution >= 0.6 is 16.1 Å². The third kappa shape index (κ3) is 3.01. The van der Waals surface area contributed by atoms with Crippen LogP contribution in [0, 0.1) is 10.8 Å². The van der Waals surface area contributed by atoms with Gasteiger partial charge in [-0.3, -0.25) is 0 Å². The molecule has 0 fully saturated rings. The average Bonchev–Trinajstić information content (AvgIpc) is 2.26. The van der Waals surface area contributed by atoms with Crippen LogP contribution in [-0.4, -0.2) is 37.1 Å². The zero-order chi connectivity index (χ0) is 12.0. The maximum atomic E-state index is 3.35. The summed E-state index contributed by atoms with van der Waals surface area (Å²) in [7, 11) is 1.61. The standard InChI is InChI=1S/C12H22P2Se/c1-11(2,3)8-9(15)14(7)10(13-8)12(4,5)6/h10H,1-7H3. The number of hydrogen-bond acceptors (Lipinski definition) is 0. The molecule has 0 saturated heterocycles. The van der Waals surface area contributed by atoms with Gasteiger partial charge in [-0.2, -0.15) is 0 Å². The van der Waals surface area contributed by atoms with E-state index in [1.165, 1.54) is 0 Å². The molecule has 0 amide bonds. The van der Waals surface area contributed by atoms with Crippen LogP contribution < -0.4 is 0 Å². The van der Waals surface area contributed by atoms with Gasteiger partial charge in [0.2, 0.25) is 0 Å². The molecule has 0 saturated carbocycles. The first-order valence-corrected chi connectivity index (χ1v) is 9.08. The molecule has 1 rings (SSSR count). The Morgan fingerprint density at radius 1 is 1.13 bits per heavy atom. The van der Waals surface area contributed by atoms with Gasteiger partial charge in [-0.15, -0.1) is 0 Å². The summed E-state index contributed by atoms with van der Waals surface area (Å²) < 4.78 is 1.58. The predicted molar refractivity (Wildman–Crippen MR) is 78.2 cm³/mol. The minimum absolute atomic E-state index is 0.0304. The van der Waals surface area contributed by atoms with Crippen LogP contribution in [0.15, 0.2) is 0 Å². The molecule has 0 aliphatic carbocycles. The van der Waals surface area contributed by atoms with Crippen LogP contribution in [0.25, 0.3) is 0 Å². The van der Waals surface area contributed by atoms with E-state index in [1.54, 1.807) is 17.7 Å². The van der Waals surface area contributed by atoms with Gasteiger partial charge in [0.1, 0.15) is 0 Å². The summed E-state index contributed by atoms with van der Waals surface area (Å²) in [4.78, 5) is 0. The molecule has 0 bridgehead atoms. The van der Waals surface area contributed by atoms with Gasteiger partial charge < -0.3 is 0 Å². The first-order valence-electron chi connectivity index (χ1n) is 5.40. The van der Waals surface area contributed by atoms with Crippen molar-refractivity contribution in [1.29, 1.82) is 0 Å². The van der Waals surface area contributed by atoms with Gasteiger partial charge in [-0.05, 0) is 0 Å². The average molecular weight is 307 g/mol. The summed E-state index contributed by atoms with van der Waals surface area (Å²) in [6.45, 7) is 16.6. The molecule has 0 aromatic carbocycles. The van der Waals surface area contributed by atoms with Crippen molar-refractivity contribution in [2.75, 3.05) is 6.66 Å². The minimum atomic E-state index is 0.0304. The van der Waals surface area contributed by atoms with Gasteiger partial charge >= 0.3 is 106 Å². The molecule has 15 heavy (non-hydrogen) atoms. The Balaban J connectivity index is 3.08. The Morgan fingerprint density at radius 2 is 1.60 bits per heavy atom. The zero-order valence-electron chi connectivity index (χ0n) is 10.9. The van der Waals surface area contributed by atoms with Gasteiger partial charge in [-0.1, -0.05) is 0 Å². The number of hydrogen-bond donors (Lipinski definition) is 0.